The predicted octanol–water partition coefficient (Wildman–Crippen LogP) is 6.61. The molecular weight excluding hydrogens is 548 g/mol. The third kappa shape index (κ3) is 6.08. The van der Waals surface area contributed by atoms with Crippen molar-refractivity contribution in [3.63, 3.8) is 0 Å². The molecule has 2 amide bonds. The Balaban J connectivity index is 1.56. The van der Waals surface area contributed by atoms with Crippen LogP contribution in [0.1, 0.15) is 47.6 Å². The number of hydrogen-bond acceptors (Lipinski definition) is 4. The SMILES string of the molecule is CC(C)(C)N(CC(=O)N1CCc2sccc2[C@@H]1COc1ccc(Cl)cc1)C(=O)c1cccc(Br)c1. The summed E-state index contributed by atoms with van der Waals surface area (Å²) >= 11 is 11.1. The van der Waals surface area contributed by atoms with E-state index in [1.807, 2.05) is 49.9 Å². The van der Waals surface area contributed by atoms with Crippen LogP contribution in [0.4, 0.5) is 0 Å². The van der Waals surface area contributed by atoms with E-state index in [2.05, 4.69) is 27.4 Å². The van der Waals surface area contributed by atoms with Gasteiger partial charge in [0.2, 0.25) is 5.91 Å². The quantitative estimate of drug-likeness (QED) is 0.332. The van der Waals surface area contributed by atoms with Gasteiger partial charge < -0.3 is 14.5 Å². The summed E-state index contributed by atoms with van der Waals surface area (Å²) < 4.78 is 6.90. The second-order valence-electron chi connectivity index (χ2n) is 9.49. The smallest absolute Gasteiger partial charge is 0.254 e. The Morgan fingerprint density at radius 2 is 1.91 bits per heavy atom. The number of carbonyl (C=O) groups is 2. The maximum absolute atomic E-state index is 13.7. The second-order valence-corrected chi connectivity index (χ2v) is 11.8. The van der Waals surface area contributed by atoms with Crippen LogP contribution in [0.15, 0.2) is 64.5 Å². The molecule has 2 heterocycles. The number of fused-ring (bicyclic) bond motifs is 1. The molecule has 35 heavy (non-hydrogen) atoms. The van der Waals surface area contributed by atoms with Gasteiger partial charge in [-0.3, -0.25) is 9.59 Å². The van der Waals surface area contributed by atoms with Crippen LogP contribution in [0.3, 0.4) is 0 Å². The van der Waals surface area contributed by atoms with Crippen molar-refractivity contribution in [1.29, 1.82) is 0 Å². The van der Waals surface area contributed by atoms with E-state index in [9.17, 15) is 9.59 Å². The second kappa shape index (κ2) is 10.7. The van der Waals surface area contributed by atoms with Crippen molar-refractivity contribution in [3.8, 4) is 5.75 Å². The molecule has 0 spiro atoms. The highest BCUT2D eigenvalue weighted by molar-refractivity contribution is 9.10. The van der Waals surface area contributed by atoms with Crippen molar-refractivity contribution in [3.05, 3.63) is 85.5 Å². The number of halogens is 2. The molecule has 0 saturated carbocycles. The van der Waals surface area contributed by atoms with Crippen molar-refractivity contribution in [2.45, 2.75) is 38.8 Å². The van der Waals surface area contributed by atoms with Crippen molar-refractivity contribution < 1.29 is 14.3 Å². The predicted molar refractivity (Wildman–Crippen MR) is 144 cm³/mol. The Bertz CT molecular complexity index is 1210. The lowest BCUT2D eigenvalue weighted by Gasteiger charge is -2.40. The number of benzene rings is 2. The van der Waals surface area contributed by atoms with Crippen LogP contribution < -0.4 is 4.74 Å². The molecule has 0 saturated heterocycles. The van der Waals surface area contributed by atoms with Crippen molar-refractivity contribution in [1.82, 2.24) is 9.80 Å². The van der Waals surface area contributed by atoms with Crippen LogP contribution in [0.25, 0.3) is 0 Å². The number of carbonyl (C=O) groups excluding carboxylic acids is 2. The molecule has 0 unspecified atom stereocenters. The zero-order valence-electron chi connectivity index (χ0n) is 20.0. The monoisotopic (exact) mass is 574 g/mol. The summed E-state index contributed by atoms with van der Waals surface area (Å²) in [7, 11) is 0. The van der Waals surface area contributed by atoms with Crippen LogP contribution in [0, 0.1) is 0 Å². The van der Waals surface area contributed by atoms with E-state index in [0.717, 1.165) is 16.5 Å². The maximum atomic E-state index is 13.7. The third-order valence-corrected chi connectivity index (χ3v) is 7.80. The highest BCUT2D eigenvalue weighted by atomic mass is 79.9. The lowest BCUT2D eigenvalue weighted by atomic mass is 9.99. The number of nitrogens with zero attached hydrogens (tertiary/aromatic N) is 2. The fraction of sp³-hybridized carbons (Fsp3) is 0.333. The molecular formula is C27H28BrClN2O3S. The van der Waals surface area contributed by atoms with Gasteiger partial charge in [-0.1, -0.05) is 33.6 Å². The molecule has 1 atom stereocenters. The highest BCUT2D eigenvalue weighted by Crippen LogP contribution is 2.34. The molecule has 0 radical (unpaired) electrons. The summed E-state index contributed by atoms with van der Waals surface area (Å²) in [5.41, 5.74) is 1.13. The average Bonchev–Trinajstić information content (AvgIpc) is 3.30. The molecule has 4 rings (SSSR count). The molecule has 0 fully saturated rings. The largest absolute Gasteiger partial charge is 0.491 e. The molecule has 1 aliphatic rings. The van der Waals surface area contributed by atoms with Gasteiger partial charge in [0.15, 0.2) is 0 Å². The third-order valence-electron chi connectivity index (χ3n) is 6.06. The van der Waals surface area contributed by atoms with E-state index < -0.39 is 5.54 Å². The van der Waals surface area contributed by atoms with Crippen LogP contribution in [0.2, 0.25) is 5.02 Å². The Morgan fingerprint density at radius 3 is 2.60 bits per heavy atom. The number of thiophene rings is 1. The molecule has 1 aliphatic heterocycles. The molecule has 3 aromatic rings. The molecule has 1 aromatic heterocycles. The standard InChI is InChI=1S/C27H28BrClN2O3S/c1-27(2,3)31(26(33)18-5-4-6-19(28)15-18)16-25(32)30-13-11-24-22(12-14-35-24)23(30)17-34-21-9-7-20(29)8-10-21/h4-10,12,14-15,23H,11,13,16-17H2,1-3H3/t23-/m0/s1. The van der Waals surface area contributed by atoms with Gasteiger partial charge in [0.05, 0.1) is 6.04 Å². The van der Waals surface area contributed by atoms with Crippen LogP contribution in [-0.4, -0.2) is 46.8 Å². The van der Waals surface area contributed by atoms with Crippen molar-refractivity contribution >= 4 is 50.7 Å². The highest BCUT2D eigenvalue weighted by Gasteiger charge is 2.36. The first-order valence-electron chi connectivity index (χ1n) is 11.4. The summed E-state index contributed by atoms with van der Waals surface area (Å²) in [5, 5.41) is 2.70. The molecule has 5 nitrogen and oxygen atoms in total. The zero-order chi connectivity index (χ0) is 25.2. The van der Waals surface area contributed by atoms with Gasteiger partial charge >= 0.3 is 0 Å². The van der Waals surface area contributed by atoms with Gasteiger partial charge in [-0.05, 0) is 86.7 Å². The van der Waals surface area contributed by atoms with Gasteiger partial charge in [0, 0.05) is 32.0 Å². The van der Waals surface area contributed by atoms with Crippen LogP contribution in [0.5, 0.6) is 5.75 Å². The Hall–Kier alpha value is -2.35. The Morgan fingerprint density at radius 1 is 1.17 bits per heavy atom. The number of ether oxygens (including phenoxy) is 1. The minimum absolute atomic E-state index is 0.00817. The van der Waals surface area contributed by atoms with E-state index in [1.165, 1.54) is 4.88 Å². The lowest BCUT2D eigenvalue weighted by molar-refractivity contribution is -0.136. The van der Waals surface area contributed by atoms with E-state index in [1.54, 1.807) is 40.5 Å². The first-order valence-corrected chi connectivity index (χ1v) is 13.5. The number of hydrogen-bond donors (Lipinski definition) is 0. The molecule has 0 bridgehead atoms. The molecule has 8 heteroatoms. The molecule has 0 aliphatic carbocycles. The van der Waals surface area contributed by atoms with Gasteiger partial charge in [-0.25, -0.2) is 0 Å². The maximum Gasteiger partial charge on any atom is 0.254 e. The van der Waals surface area contributed by atoms with Crippen LogP contribution in [-0.2, 0) is 11.2 Å². The van der Waals surface area contributed by atoms with Gasteiger partial charge in [0.25, 0.3) is 5.91 Å². The van der Waals surface area contributed by atoms with Crippen molar-refractivity contribution in [2.75, 3.05) is 19.7 Å². The van der Waals surface area contributed by atoms with E-state index in [0.29, 0.717) is 29.5 Å². The minimum atomic E-state index is -0.534. The molecule has 184 valence electrons. The van der Waals surface area contributed by atoms with E-state index in [-0.39, 0.29) is 24.4 Å². The summed E-state index contributed by atoms with van der Waals surface area (Å²) in [4.78, 5) is 31.9. The van der Waals surface area contributed by atoms with Crippen molar-refractivity contribution in [2.24, 2.45) is 0 Å². The van der Waals surface area contributed by atoms with Crippen LogP contribution >= 0.6 is 38.9 Å². The minimum Gasteiger partial charge on any atom is -0.491 e. The topological polar surface area (TPSA) is 49.9 Å². The number of amides is 2. The molecule has 0 N–H and O–H groups in total. The Kier molecular flexibility index (Phi) is 7.89. The lowest BCUT2D eigenvalue weighted by Crippen LogP contribution is -2.53. The Labute approximate surface area is 223 Å². The first-order chi connectivity index (χ1) is 16.6. The summed E-state index contributed by atoms with van der Waals surface area (Å²) in [6, 6.07) is 16.3. The summed E-state index contributed by atoms with van der Waals surface area (Å²) in [6.07, 6.45) is 0.797. The van der Waals surface area contributed by atoms with Gasteiger partial charge in [-0.2, -0.15) is 0 Å². The zero-order valence-corrected chi connectivity index (χ0v) is 23.1. The fourth-order valence-electron chi connectivity index (χ4n) is 4.20. The van der Waals surface area contributed by atoms with E-state index >= 15 is 0 Å². The average molecular weight is 576 g/mol. The summed E-state index contributed by atoms with van der Waals surface area (Å²) in [5.74, 6) is 0.435. The number of rotatable bonds is 6. The normalized spacial score (nSPS) is 15.5. The van der Waals surface area contributed by atoms with Gasteiger partial charge in [0.1, 0.15) is 18.9 Å². The molecule has 2 aromatic carbocycles. The van der Waals surface area contributed by atoms with E-state index in [4.69, 9.17) is 16.3 Å². The summed E-state index contributed by atoms with van der Waals surface area (Å²) in [6.45, 7) is 6.75. The van der Waals surface area contributed by atoms with Gasteiger partial charge in [-0.15, -0.1) is 11.3 Å². The fourth-order valence-corrected chi connectivity index (χ4v) is 5.65. The first kappa shape index (κ1) is 25.7.